The second-order valence-corrected chi connectivity index (χ2v) is 8.11. The molecule has 1 saturated heterocycles. The van der Waals surface area contributed by atoms with Crippen molar-refractivity contribution in [2.45, 2.75) is 25.4 Å². The monoisotopic (exact) mass is 432 g/mol. The van der Waals surface area contributed by atoms with Gasteiger partial charge in [0.2, 0.25) is 5.91 Å². The summed E-state index contributed by atoms with van der Waals surface area (Å²) in [6.07, 6.45) is 3.30. The Hall–Kier alpha value is -3.65. The Balaban J connectivity index is 1.45. The van der Waals surface area contributed by atoms with E-state index in [9.17, 15) is 14.4 Å². The van der Waals surface area contributed by atoms with E-state index >= 15 is 0 Å². The van der Waals surface area contributed by atoms with E-state index < -0.39 is 6.04 Å². The van der Waals surface area contributed by atoms with Crippen molar-refractivity contribution in [1.82, 2.24) is 9.47 Å². The van der Waals surface area contributed by atoms with Crippen molar-refractivity contribution >= 4 is 40.0 Å². The minimum atomic E-state index is -0.425. The van der Waals surface area contributed by atoms with Gasteiger partial charge in [0.15, 0.2) is 0 Å². The molecule has 1 atom stereocenters. The minimum absolute atomic E-state index is 0.157. The molecule has 0 spiro atoms. The molecule has 2 N–H and O–H groups in total. The summed E-state index contributed by atoms with van der Waals surface area (Å²) in [5.41, 5.74) is 2.87. The topological polar surface area (TPSA) is 92.7 Å². The first-order valence-electron chi connectivity index (χ1n) is 10.7. The minimum Gasteiger partial charge on any atom is -0.383 e. The largest absolute Gasteiger partial charge is 0.383 e. The van der Waals surface area contributed by atoms with Gasteiger partial charge in [-0.15, -0.1) is 0 Å². The van der Waals surface area contributed by atoms with E-state index in [1.54, 1.807) is 30.2 Å². The molecule has 0 bridgehead atoms. The van der Waals surface area contributed by atoms with Gasteiger partial charge in [-0.2, -0.15) is 0 Å². The number of hydrogen-bond acceptors (Lipinski definition) is 4. The number of nitrogens with zero attached hydrogens (tertiary/aromatic N) is 2. The zero-order chi connectivity index (χ0) is 22.2. The number of amides is 3. The van der Waals surface area contributed by atoms with Gasteiger partial charge in [0, 0.05) is 43.0 Å². The van der Waals surface area contributed by atoms with Gasteiger partial charge in [-0.3, -0.25) is 14.4 Å². The predicted molar refractivity (Wildman–Crippen MR) is 121 cm³/mol. The van der Waals surface area contributed by atoms with Crippen molar-refractivity contribution in [3.8, 4) is 0 Å². The lowest BCUT2D eigenvalue weighted by Crippen LogP contribution is -2.40. The second-order valence-electron chi connectivity index (χ2n) is 8.11. The van der Waals surface area contributed by atoms with Gasteiger partial charge in [0.1, 0.15) is 6.04 Å². The molecule has 8 nitrogen and oxygen atoms in total. The van der Waals surface area contributed by atoms with Gasteiger partial charge in [-0.1, -0.05) is 18.2 Å². The van der Waals surface area contributed by atoms with E-state index in [1.165, 1.54) is 0 Å². The number of para-hydroxylation sites is 1. The molecule has 1 aromatic heterocycles. The summed E-state index contributed by atoms with van der Waals surface area (Å²) < 4.78 is 7.18. The van der Waals surface area contributed by atoms with Crippen molar-refractivity contribution in [2.24, 2.45) is 0 Å². The number of ether oxygens (including phenoxy) is 1. The lowest BCUT2D eigenvalue weighted by atomic mass is 10.1. The number of rotatable bonds is 5. The van der Waals surface area contributed by atoms with Gasteiger partial charge < -0.3 is 24.8 Å². The molecule has 164 valence electrons. The lowest BCUT2D eigenvalue weighted by Gasteiger charge is -2.20. The van der Waals surface area contributed by atoms with Crippen molar-refractivity contribution in [2.75, 3.05) is 30.9 Å². The molecular weight excluding hydrogens is 408 g/mol. The molecule has 3 amide bonds. The summed E-state index contributed by atoms with van der Waals surface area (Å²) in [6, 6.07) is 12.3. The van der Waals surface area contributed by atoms with Gasteiger partial charge >= 0.3 is 0 Å². The molecule has 2 aliphatic rings. The van der Waals surface area contributed by atoms with Crippen LogP contribution in [0.5, 0.6) is 0 Å². The van der Waals surface area contributed by atoms with Crippen LogP contribution in [0.4, 0.5) is 11.4 Å². The van der Waals surface area contributed by atoms with Crippen molar-refractivity contribution < 1.29 is 19.1 Å². The van der Waals surface area contributed by atoms with Crippen molar-refractivity contribution in [3.05, 3.63) is 59.8 Å². The predicted octanol–water partition coefficient (Wildman–Crippen LogP) is 3.10. The maximum absolute atomic E-state index is 13.1. The van der Waals surface area contributed by atoms with E-state index in [0.717, 1.165) is 17.3 Å². The van der Waals surface area contributed by atoms with E-state index in [1.807, 2.05) is 35.0 Å². The van der Waals surface area contributed by atoms with Crippen LogP contribution in [0.1, 0.15) is 33.6 Å². The van der Waals surface area contributed by atoms with Crippen molar-refractivity contribution in [1.29, 1.82) is 0 Å². The van der Waals surface area contributed by atoms with Gasteiger partial charge in [0.05, 0.1) is 23.4 Å². The molecule has 0 radical (unpaired) electrons. The summed E-state index contributed by atoms with van der Waals surface area (Å²) in [5.74, 6) is -0.607. The lowest BCUT2D eigenvalue weighted by molar-refractivity contribution is -0.119. The van der Waals surface area contributed by atoms with Gasteiger partial charge in [-0.25, -0.2) is 0 Å². The number of aromatic nitrogens is 1. The van der Waals surface area contributed by atoms with Crippen LogP contribution in [0.3, 0.4) is 0 Å². The Morgan fingerprint density at radius 3 is 2.91 bits per heavy atom. The third kappa shape index (κ3) is 3.42. The van der Waals surface area contributed by atoms with Crippen LogP contribution in [0, 0.1) is 0 Å². The van der Waals surface area contributed by atoms with Crippen LogP contribution >= 0.6 is 0 Å². The zero-order valence-electron chi connectivity index (χ0n) is 17.8. The fourth-order valence-electron chi connectivity index (χ4n) is 4.56. The fourth-order valence-corrected chi connectivity index (χ4v) is 4.56. The quantitative estimate of drug-likeness (QED) is 0.648. The molecule has 3 aromatic rings. The average Bonchev–Trinajstić information content (AvgIpc) is 3.41. The molecular formula is C24H24N4O4. The average molecular weight is 432 g/mol. The van der Waals surface area contributed by atoms with Crippen molar-refractivity contribution in [3.63, 3.8) is 0 Å². The Labute approximate surface area is 185 Å². The van der Waals surface area contributed by atoms with Crippen LogP contribution in [-0.2, 0) is 16.1 Å². The second kappa shape index (κ2) is 8.12. The van der Waals surface area contributed by atoms with Crippen LogP contribution in [0.25, 0.3) is 10.9 Å². The molecule has 0 aliphatic carbocycles. The molecule has 32 heavy (non-hydrogen) atoms. The summed E-state index contributed by atoms with van der Waals surface area (Å²) in [6.45, 7) is 1.73. The number of benzene rings is 2. The summed E-state index contributed by atoms with van der Waals surface area (Å²) in [7, 11) is 1.64. The molecule has 1 fully saturated rings. The highest BCUT2D eigenvalue weighted by Gasteiger charge is 2.38. The third-order valence-electron chi connectivity index (χ3n) is 6.15. The number of fused-ring (bicyclic) bond motifs is 3. The highest BCUT2D eigenvalue weighted by molar-refractivity contribution is 6.14. The molecule has 2 aromatic carbocycles. The Kier molecular flexibility index (Phi) is 5.14. The molecule has 1 unspecified atom stereocenters. The molecule has 8 heteroatoms. The smallest absolute Gasteiger partial charge is 0.257 e. The first kappa shape index (κ1) is 20.3. The SMILES string of the molecule is COCCn1cc(C(=O)Nc2ccc3c(c2)C(=O)N2CCCC2C(=O)N3)c2ccccc21. The zero-order valence-corrected chi connectivity index (χ0v) is 17.8. The standard InChI is InChI=1S/C24H24N4O4/c1-32-12-11-27-14-18(16-5-2-3-6-20(16)27)22(29)25-15-8-9-19-17(13-15)24(31)28-10-4-7-21(28)23(30)26-19/h2-3,5-6,8-9,13-14,21H,4,7,10-12H2,1H3,(H,25,29)(H,26,30). The van der Waals surface area contributed by atoms with E-state index in [0.29, 0.717) is 48.6 Å². The fraction of sp³-hybridized carbons (Fsp3) is 0.292. The number of nitrogens with one attached hydrogen (secondary N) is 2. The van der Waals surface area contributed by atoms with Gasteiger partial charge in [-0.05, 0) is 37.1 Å². The summed E-state index contributed by atoms with van der Waals surface area (Å²) in [5, 5.41) is 6.62. The van der Waals surface area contributed by atoms with Crippen LogP contribution in [0.15, 0.2) is 48.7 Å². The van der Waals surface area contributed by atoms with E-state index in [2.05, 4.69) is 10.6 Å². The maximum Gasteiger partial charge on any atom is 0.257 e. The molecule has 5 rings (SSSR count). The Morgan fingerprint density at radius 1 is 1.22 bits per heavy atom. The van der Waals surface area contributed by atoms with Crippen LogP contribution < -0.4 is 10.6 Å². The highest BCUT2D eigenvalue weighted by Crippen LogP contribution is 2.31. The summed E-state index contributed by atoms with van der Waals surface area (Å²) >= 11 is 0. The number of anilines is 2. The van der Waals surface area contributed by atoms with Gasteiger partial charge in [0.25, 0.3) is 11.8 Å². The third-order valence-corrected chi connectivity index (χ3v) is 6.15. The Morgan fingerprint density at radius 2 is 2.06 bits per heavy atom. The number of methoxy groups -OCH3 is 1. The van der Waals surface area contributed by atoms with Crippen LogP contribution in [-0.4, -0.2) is 53.5 Å². The molecule has 3 heterocycles. The summed E-state index contributed by atoms with van der Waals surface area (Å²) in [4.78, 5) is 40.3. The first-order chi connectivity index (χ1) is 15.6. The molecule has 0 saturated carbocycles. The molecule has 2 aliphatic heterocycles. The first-order valence-corrected chi connectivity index (χ1v) is 10.7. The van der Waals surface area contributed by atoms with E-state index in [-0.39, 0.29) is 17.7 Å². The maximum atomic E-state index is 13.1. The van der Waals surface area contributed by atoms with Crippen LogP contribution in [0.2, 0.25) is 0 Å². The Bertz CT molecular complexity index is 1230. The van der Waals surface area contributed by atoms with E-state index in [4.69, 9.17) is 4.74 Å². The number of carbonyl (C=O) groups is 3. The number of hydrogen-bond donors (Lipinski definition) is 2. The highest BCUT2D eigenvalue weighted by atomic mass is 16.5. The normalized spacial score (nSPS) is 17.7. The number of carbonyl (C=O) groups excluding carboxylic acids is 3.